The molecule has 0 amide bonds. The van der Waals surface area contributed by atoms with Crippen LogP contribution in [0.5, 0.6) is 0 Å². The predicted octanol–water partition coefficient (Wildman–Crippen LogP) is 3.98. The lowest BCUT2D eigenvalue weighted by atomic mass is 9.89. The van der Waals surface area contributed by atoms with Gasteiger partial charge in [-0.15, -0.1) is 0 Å². The molecule has 0 spiro atoms. The molecular weight excluding hydrogens is 314 g/mol. The number of rotatable bonds is 5. The average Bonchev–Trinajstić information content (AvgIpc) is 3.02. The molecule has 1 aliphatic rings. The van der Waals surface area contributed by atoms with Crippen molar-refractivity contribution in [3.63, 3.8) is 0 Å². The molecule has 1 aliphatic heterocycles. The number of nitrogens with one attached hydrogen (secondary N) is 1. The Kier molecular flexibility index (Phi) is 5.27. The molecule has 6 heteroatoms. The summed E-state index contributed by atoms with van der Waals surface area (Å²) in [6, 6.07) is 0.385. The number of hydrogen-bond donors (Lipinski definition) is 1. The van der Waals surface area contributed by atoms with Gasteiger partial charge in [-0.25, -0.2) is 14.6 Å². The molecule has 138 valence electrons. The summed E-state index contributed by atoms with van der Waals surface area (Å²) in [4.78, 5) is 8.95. The van der Waals surface area contributed by atoms with Gasteiger partial charge in [0.15, 0.2) is 5.65 Å². The molecule has 2 unspecified atom stereocenters. The van der Waals surface area contributed by atoms with Gasteiger partial charge in [-0.3, -0.25) is 0 Å². The van der Waals surface area contributed by atoms with Crippen LogP contribution < -0.4 is 5.32 Å². The fraction of sp³-hybridized carbons (Fsp3) is 0.737. The third-order valence-electron chi connectivity index (χ3n) is 5.23. The van der Waals surface area contributed by atoms with Crippen molar-refractivity contribution in [2.75, 3.05) is 11.9 Å². The van der Waals surface area contributed by atoms with Gasteiger partial charge in [-0.05, 0) is 39.5 Å². The summed E-state index contributed by atoms with van der Waals surface area (Å²) in [5.74, 6) is 1.52. The minimum atomic E-state index is -0.105. The predicted molar refractivity (Wildman–Crippen MR) is 101 cm³/mol. The Morgan fingerprint density at radius 2 is 2.04 bits per heavy atom. The second kappa shape index (κ2) is 7.28. The maximum atomic E-state index is 6.04. The summed E-state index contributed by atoms with van der Waals surface area (Å²) in [7, 11) is 0. The van der Waals surface area contributed by atoms with Crippen molar-refractivity contribution < 1.29 is 4.74 Å². The first-order valence-electron chi connectivity index (χ1n) is 9.51. The van der Waals surface area contributed by atoms with E-state index in [0.717, 1.165) is 36.3 Å². The highest BCUT2D eigenvalue weighted by Crippen LogP contribution is 2.29. The number of nitrogens with zero attached hydrogens (tertiary/aromatic N) is 4. The second-order valence-corrected chi connectivity index (χ2v) is 8.04. The number of anilines is 1. The summed E-state index contributed by atoms with van der Waals surface area (Å²) in [5, 5.41) is 9.17. The Morgan fingerprint density at radius 1 is 1.28 bits per heavy atom. The summed E-state index contributed by atoms with van der Waals surface area (Å²) >= 11 is 0. The van der Waals surface area contributed by atoms with Crippen LogP contribution in [0, 0.1) is 5.92 Å². The minimum Gasteiger partial charge on any atom is -0.378 e. The molecule has 0 bridgehead atoms. The number of aromatic nitrogens is 4. The molecule has 3 heterocycles. The van der Waals surface area contributed by atoms with Crippen LogP contribution in [0.2, 0.25) is 0 Å². The van der Waals surface area contributed by atoms with E-state index in [1.165, 1.54) is 12.8 Å². The van der Waals surface area contributed by atoms with Crippen LogP contribution in [0.1, 0.15) is 60.3 Å². The lowest BCUT2D eigenvalue weighted by Gasteiger charge is -2.34. The highest BCUT2D eigenvalue weighted by atomic mass is 16.5. The van der Waals surface area contributed by atoms with Gasteiger partial charge in [0.1, 0.15) is 12.1 Å². The normalized spacial score (nSPS) is 21.8. The Balaban J connectivity index is 1.80. The van der Waals surface area contributed by atoms with Crippen molar-refractivity contribution >= 4 is 16.9 Å². The summed E-state index contributed by atoms with van der Waals surface area (Å²) in [5.41, 5.74) is 0.778. The van der Waals surface area contributed by atoms with Crippen molar-refractivity contribution in [1.29, 1.82) is 0 Å². The molecule has 3 rings (SSSR count). The SMILES string of the molecule is CCC(CC)C1CC(Nc2ncnc3c2cnn3C(C)(C)C)CCO1. The molecule has 1 fully saturated rings. The maximum absolute atomic E-state index is 6.04. The largest absolute Gasteiger partial charge is 0.378 e. The Labute approximate surface area is 150 Å². The molecule has 0 aromatic carbocycles. The monoisotopic (exact) mass is 345 g/mol. The first-order chi connectivity index (χ1) is 11.9. The first kappa shape index (κ1) is 18.1. The lowest BCUT2D eigenvalue weighted by molar-refractivity contribution is -0.0271. The van der Waals surface area contributed by atoms with Gasteiger partial charge >= 0.3 is 0 Å². The van der Waals surface area contributed by atoms with Gasteiger partial charge in [0.05, 0.1) is 23.2 Å². The molecule has 0 aliphatic carbocycles. The van der Waals surface area contributed by atoms with Gasteiger partial charge < -0.3 is 10.1 Å². The Hall–Kier alpha value is -1.69. The minimum absolute atomic E-state index is 0.105. The summed E-state index contributed by atoms with van der Waals surface area (Å²) in [6.45, 7) is 11.7. The zero-order chi connectivity index (χ0) is 18.0. The van der Waals surface area contributed by atoms with Crippen molar-refractivity contribution in [1.82, 2.24) is 19.7 Å². The summed E-state index contributed by atoms with van der Waals surface area (Å²) < 4.78 is 8.00. The number of fused-ring (bicyclic) bond motifs is 1. The molecule has 0 radical (unpaired) electrons. The van der Waals surface area contributed by atoms with Gasteiger partial charge in [0, 0.05) is 12.6 Å². The van der Waals surface area contributed by atoms with Crippen LogP contribution in [0.15, 0.2) is 12.5 Å². The first-order valence-corrected chi connectivity index (χ1v) is 9.51. The molecule has 2 aromatic rings. The molecule has 2 atom stereocenters. The lowest BCUT2D eigenvalue weighted by Crippen LogP contribution is -2.38. The topological polar surface area (TPSA) is 64.9 Å². The van der Waals surface area contributed by atoms with Gasteiger partial charge in [-0.1, -0.05) is 26.7 Å². The van der Waals surface area contributed by atoms with Crippen LogP contribution in [0.4, 0.5) is 5.82 Å². The van der Waals surface area contributed by atoms with Crippen LogP contribution >= 0.6 is 0 Å². The zero-order valence-corrected chi connectivity index (χ0v) is 16.1. The van der Waals surface area contributed by atoms with E-state index in [0.29, 0.717) is 18.1 Å². The molecular formula is C19H31N5O. The van der Waals surface area contributed by atoms with E-state index in [1.807, 2.05) is 10.9 Å². The highest BCUT2D eigenvalue weighted by Gasteiger charge is 2.28. The van der Waals surface area contributed by atoms with E-state index in [9.17, 15) is 0 Å². The number of ether oxygens (including phenoxy) is 1. The fourth-order valence-electron chi connectivity index (χ4n) is 3.75. The molecule has 2 aromatic heterocycles. The van der Waals surface area contributed by atoms with Crippen LogP contribution in [0.3, 0.4) is 0 Å². The Bertz CT molecular complexity index is 701. The standard InChI is InChI=1S/C19H31N5O/c1-6-13(7-2)16-10-14(8-9-25-16)23-17-15-11-22-24(19(3,4)5)18(15)21-12-20-17/h11-14,16H,6-10H2,1-5H3,(H,20,21,23). The second-order valence-electron chi connectivity index (χ2n) is 8.04. The van der Waals surface area contributed by atoms with Crippen LogP contribution in [0.25, 0.3) is 11.0 Å². The number of hydrogen-bond acceptors (Lipinski definition) is 5. The van der Waals surface area contributed by atoms with Crippen molar-refractivity contribution in [3.8, 4) is 0 Å². The van der Waals surface area contributed by atoms with Crippen molar-refractivity contribution in [2.24, 2.45) is 5.92 Å². The Morgan fingerprint density at radius 3 is 2.72 bits per heavy atom. The van der Waals surface area contributed by atoms with E-state index in [4.69, 9.17) is 4.74 Å². The van der Waals surface area contributed by atoms with Gasteiger partial charge in [0.25, 0.3) is 0 Å². The zero-order valence-electron chi connectivity index (χ0n) is 16.1. The highest BCUT2D eigenvalue weighted by molar-refractivity contribution is 5.86. The van der Waals surface area contributed by atoms with Crippen LogP contribution in [-0.2, 0) is 10.3 Å². The molecule has 0 saturated carbocycles. The van der Waals surface area contributed by atoms with Crippen molar-refractivity contribution in [3.05, 3.63) is 12.5 Å². The van der Waals surface area contributed by atoms with Gasteiger partial charge in [-0.2, -0.15) is 5.10 Å². The molecule has 1 saturated heterocycles. The van der Waals surface area contributed by atoms with Gasteiger partial charge in [0.2, 0.25) is 0 Å². The third-order valence-corrected chi connectivity index (χ3v) is 5.23. The smallest absolute Gasteiger partial charge is 0.163 e. The van der Waals surface area contributed by atoms with E-state index in [1.54, 1.807) is 6.33 Å². The average molecular weight is 345 g/mol. The molecule has 6 nitrogen and oxygen atoms in total. The van der Waals surface area contributed by atoms with Crippen LogP contribution in [-0.4, -0.2) is 38.5 Å². The summed E-state index contributed by atoms with van der Waals surface area (Å²) in [6.07, 6.45) is 8.23. The molecule has 25 heavy (non-hydrogen) atoms. The quantitative estimate of drug-likeness (QED) is 0.888. The van der Waals surface area contributed by atoms with E-state index in [2.05, 4.69) is 55.0 Å². The maximum Gasteiger partial charge on any atom is 0.163 e. The van der Waals surface area contributed by atoms with E-state index in [-0.39, 0.29) is 5.54 Å². The van der Waals surface area contributed by atoms with E-state index >= 15 is 0 Å². The van der Waals surface area contributed by atoms with Crippen molar-refractivity contribution in [2.45, 2.75) is 78.0 Å². The fourth-order valence-corrected chi connectivity index (χ4v) is 3.75. The molecule has 1 N–H and O–H groups in total. The third kappa shape index (κ3) is 3.78. The van der Waals surface area contributed by atoms with E-state index < -0.39 is 0 Å².